The van der Waals surface area contributed by atoms with Crippen molar-refractivity contribution in [2.45, 2.75) is 30.5 Å². The molecule has 2 heterocycles. The zero-order valence-electron chi connectivity index (χ0n) is 12.2. The number of ether oxygens (including phenoxy) is 3. The molecule has 0 aromatic carbocycles. The third-order valence-corrected chi connectivity index (χ3v) is 3.52. The monoisotopic (exact) mass is 330 g/mol. The Hall–Kier alpha value is -2.07. The molecule has 0 bridgehead atoms. The predicted octanol–water partition coefficient (Wildman–Crippen LogP) is -1.19. The lowest BCUT2D eigenvalue weighted by atomic mass is 9.94. The van der Waals surface area contributed by atoms with Gasteiger partial charge in [0.1, 0.15) is 24.4 Å². The van der Waals surface area contributed by atoms with Gasteiger partial charge in [-0.25, -0.2) is 4.79 Å². The van der Waals surface area contributed by atoms with Crippen molar-refractivity contribution in [2.75, 3.05) is 13.7 Å². The molecule has 2 rings (SSSR count). The first-order chi connectivity index (χ1) is 10.9. The normalized spacial score (nSPS) is 36.6. The van der Waals surface area contributed by atoms with Crippen molar-refractivity contribution >= 4 is 5.97 Å². The summed E-state index contributed by atoms with van der Waals surface area (Å²) in [6.07, 6.45) is -3.82. The Balaban J connectivity index is 2.46. The van der Waals surface area contributed by atoms with Gasteiger partial charge in [-0.1, -0.05) is 0 Å². The predicted molar refractivity (Wildman–Crippen MR) is 74.2 cm³/mol. The van der Waals surface area contributed by atoms with Gasteiger partial charge < -0.3 is 39.7 Å². The van der Waals surface area contributed by atoms with Crippen LogP contribution in [0.15, 0.2) is 35.5 Å². The van der Waals surface area contributed by atoms with Gasteiger partial charge in [-0.15, -0.1) is 0 Å². The van der Waals surface area contributed by atoms with Crippen LogP contribution in [0.5, 0.6) is 0 Å². The van der Waals surface area contributed by atoms with Crippen molar-refractivity contribution in [2.24, 2.45) is 0 Å². The summed E-state index contributed by atoms with van der Waals surface area (Å²) in [5.41, 5.74) is 0. The van der Waals surface area contributed by atoms with Crippen LogP contribution in [0.4, 0.5) is 0 Å². The molecule has 9 nitrogen and oxygen atoms in total. The van der Waals surface area contributed by atoms with Gasteiger partial charge in [-0.2, -0.15) is 0 Å². The summed E-state index contributed by atoms with van der Waals surface area (Å²) in [5, 5.41) is 48.9. The highest BCUT2D eigenvalue weighted by Gasteiger charge is 2.46. The molecule has 0 aromatic heterocycles. The molecule has 2 aliphatic heterocycles. The third-order valence-electron chi connectivity index (χ3n) is 3.52. The maximum atomic E-state index is 11.7. The van der Waals surface area contributed by atoms with Crippen LogP contribution < -0.4 is 0 Å². The lowest BCUT2D eigenvalue weighted by Crippen LogP contribution is -2.59. The molecule has 2 aliphatic rings. The van der Waals surface area contributed by atoms with E-state index in [1.54, 1.807) is 0 Å². The molecule has 23 heavy (non-hydrogen) atoms. The number of allylic oxidation sites excluding steroid dienone is 1. The number of methoxy groups -OCH3 is 1. The Morgan fingerprint density at radius 2 is 1.91 bits per heavy atom. The van der Waals surface area contributed by atoms with Crippen molar-refractivity contribution in [3.8, 4) is 0 Å². The Bertz CT molecular complexity index is 550. The number of hydrogen-bond acceptors (Lipinski definition) is 9. The molecule has 0 aliphatic carbocycles. The fourth-order valence-corrected chi connectivity index (χ4v) is 2.36. The zero-order valence-corrected chi connectivity index (χ0v) is 12.2. The quantitative estimate of drug-likeness (QED) is 0.394. The number of rotatable bonds is 2. The molecular formula is C14H18O9. The van der Waals surface area contributed by atoms with Crippen LogP contribution in [0.1, 0.15) is 0 Å². The zero-order chi connectivity index (χ0) is 17.1. The number of carbonyl (C=O) groups is 1. The number of aliphatic hydroxyl groups excluding tert-OH is 5. The number of carbonyl (C=O) groups excluding carboxylic acids is 1. The second-order valence-electron chi connectivity index (χ2n) is 5.01. The Labute approximate surface area is 131 Å². The van der Waals surface area contributed by atoms with Crippen LogP contribution in [0.3, 0.4) is 0 Å². The molecule has 5 N–H and O–H groups in total. The van der Waals surface area contributed by atoms with E-state index >= 15 is 0 Å². The molecular weight excluding hydrogens is 312 g/mol. The van der Waals surface area contributed by atoms with Gasteiger partial charge in [0, 0.05) is 6.08 Å². The summed E-state index contributed by atoms with van der Waals surface area (Å²) < 4.78 is 15.2. The van der Waals surface area contributed by atoms with E-state index in [9.17, 15) is 30.3 Å². The molecule has 5 unspecified atom stereocenters. The van der Waals surface area contributed by atoms with E-state index in [-0.39, 0.29) is 5.76 Å². The molecule has 9 heteroatoms. The maximum Gasteiger partial charge on any atom is 0.331 e. The largest absolute Gasteiger partial charge is 0.504 e. The van der Waals surface area contributed by atoms with E-state index < -0.39 is 54.6 Å². The Morgan fingerprint density at radius 3 is 2.52 bits per heavy atom. The van der Waals surface area contributed by atoms with Crippen LogP contribution >= 0.6 is 0 Å². The number of hydrogen-bond donors (Lipinski definition) is 5. The number of fused-ring (bicyclic) bond motifs is 1. The van der Waals surface area contributed by atoms with Crippen molar-refractivity contribution < 1.29 is 44.5 Å². The van der Waals surface area contributed by atoms with Gasteiger partial charge >= 0.3 is 5.97 Å². The Morgan fingerprint density at radius 1 is 1.22 bits per heavy atom. The van der Waals surface area contributed by atoms with E-state index in [0.717, 1.165) is 18.2 Å². The molecule has 1 fully saturated rings. The third kappa shape index (κ3) is 3.48. The standard InChI is InChI=1S/C14H18O9/c1-21-13-6(16)2-3-10(18)23-14-8(4-7(13)17)22-9(5-15)11(19)12(14)20/h2-4,8-9,11-12,14-17,19-20H,5H2,1H3/b3-2+,7-4?,13-6?. The van der Waals surface area contributed by atoms with Gasteiger partial charge in [-0.3, -0.25) is 0 Å². The number of aliphatic hydroxyl groups is 5. The first kappa shape index (κ1) is 17.3. The minimum atomic E-state index is -1.55. The molecule has 0 aromatic rings. The maximum absolute atomic E-state index is 11.7. The van der Waals surface area contributed by atoms with Crippen molar-refractivity contribution in [1.82, 2.24) is 0 Å². The molecule has 0 saturated carbocycles. The molecule has 0 radical (unpaired) electrons. The van der Waals surface area contributed by atoms with E-state index in [1.165, 1.54) is 7.11 Å². The average molecular weight is 330 g/mol. The van der Waals surface area contributed by atoms with Crippen LogP contribution in [0.2, 0.25) is 0 Å². The minimum absolute atomic E-state index is 0.320. The molecule has 1 saturated heterocycles. The summed E-state index contributed by atoms with van der Waals surface area (Å²) in [4.78, 5) is 11.7. The van der Waals surface area contributed by atoms with Crippen LogP contribution in [-0.4, -0.2) is 75.7 Å². The highest BCUT2D eigenvalue weighted by atomic mass is 16.6. The lowest BCUT2D eigenvalue weighted by Gasteiger charge is -2.40. The molecule has 0 spiro atoms. The van der Waals surface area contributed by atoms with Gasteiger partial charge in [0.2, 0.25) is 5.76 Å². The fourth-order valence-electron chi connectivity index (χ4n) is 2.36. The van der Waals surface area contributed by atoms with Gasteiger partial charge in [0.05, 0.1) is 13.7 Å². The first-order valence-corrected chi connectivity index (χ1v) is 6.78. The molecule has 0 amide bonds. The highest BCUT2D eigenvalue weighted by molar-refractivity contribution is 5.82. The summed E-state index contributed by atoms with van der Waals surface area (Å²) in [6.45, 7) is -0.595. The van der Waals surface area contributed by atoms with Crippen LogP contribution in [0, 0.1) is 0 Å². The first-order valence-electron chi connectivity index (χ1n) is 6.78. The number of esters is 1. The highest BCUT2D eigenvalue weighted by Crippen LogP contribution is 2.27. The lowest BCUT2D eigenvalue weighted by molar-refractivity contribution is -0.226. The summed E-state index contributed by atoms with van der Waals surface area (Å²) in [5.74, 6) is -2.27. The summed E-state index contributed by atoms with van der Waals surface area (Å²) in [7, 11) is 1.20. The van der Waals surface area contributed by atoms with Crippen LogP contribution in [-0.2, 0) is 19.0 Å². The van der Waals surface area contributed by atoms with Crippen LogP contribution in [0.25, 0.3) is 0 Å². The van der Waals surface area contributed by atoms with Crippen molar-refractivity contribution in [3.05, 3.63) is 35.5 Å². The second kappa shape index (κ2) is 7.01. The minimum Gasteiger partial charge on any atom is -0.504 e. The molecule has 128 valence electrons. The smallest absolute Gasteiger partial charge is 0.331 e. The Kier molecular flexibility index (Phi) is 5.26. The van der Waals surface area contributed by atoms with Crippen molar-refractivity contribution in [3.63, 3.8) is 0 Å². The molecule has 5 atom stereocenters. The average Bonchev–Trinajstić information content (AvgIpc) is 2.52. The van der Waals surface area contributed by atoms with Gasteiger partial charge in [0.15, 0.2) is 17.6 Å². The van der Waals surface area contributed by atoms with Gasteiger partial charge in [-0.05, 0) is 12.2 Å². The van der Waals surface area contributed by atoms with E-state index in [0.29, 0.717) is 0 Å². The van der Waals surface area contributed by atoms with Gasteiger partial charge in [0.25, 0.3) is 0 Å². The van der Waals surface area contributed by atoms with Crippen molar-refractivity contribution in [1.29, 1.82) is 0 Å². The van der Waals surface area contributed by atoms with E-state index in [2.05, 4.69) is 0 Å². The second-order valence-corrected chi connectivity index (χ2v) is 5.01. The van der Waals surface area contributed by atoms with E-state index in [1.807, 2.05) is 0 Å². The topological polar surface area (TPSA) is 146 Å². The summed E-state index contributed by atoms with van der Waals surface area (Å²) in [6, 6.07) is 0. The van der Waals surface area contributed by atoms with E-state index in [4.69, 9.17) is 14.2 Å². The summed E-state index contributed by atoms with van der Waals surface area (Å²) >= 11 is 0. The fraction of sp³-hybridized carbons (Fsp3) is 0.500. The SMILES string of the molecule is COC1=C(O)/C=C/C(=O)OC2C(C=C1O)OC(CO)C(O)C2O.